The van der Waals surface area contributed by atoms with Crippen LogP contribution in [-0.2, 0) is 0 Å². The Labute approximate surface area is 115 Å². The minimum atomic E-state index is -0.235. The number of hydrazine groups is 1. The third kappa shape index (κ3) is 3.21. The zero-order valence-corrected chi connectivity index (χ0v) is 11.0. The number of nitrogens with zero attached hydrogens (tertiary/aromatic N) is 1. The van der Waals surface area contributed by atoms with Gasteiger partial charge in [-0.25, -0.2) is 4.98 Å². The number of nitrogens with one attached hydrogen (secondary N) is 2. The topological polar surface area (TPSA) is 80.0 Å². The van der Waals surface area contributed by atoms with Crippen LogP contribution in [0.3, 0.4) is 0 Å². The van der Waals surface area contributed by atoms with Crippen LogP contribution in [0.5, 0.6) is 0 Å². The van der Waals surface area contributed by atoms with Gasteiger partial charge in [0, 0.05) is 11.8 Å². The first-order chi connectivity index (χ1) is 9.10. The Kier molecular flexibility index (Phi) is 3.99. The zero-order valence-electron chi connectivity index (χ0n) is 10.3. The number of carbonyl (C=O) groups is 1. The number of aryl methyl sites for hydroxylation is 1. The second-order valence-electron chi connectivity index (χ2n) is 3.99. The number of amides is 1. The highest BCUT2D eigenvalue weighted by atomic mass is 35.5. The molecule has 0 saturated heterocycles. The highest BCUT2D eigenvalue weighted by Gasteiger charge is 2.08. The normalized spacial score (nSPS) is 10.1. The van der Waals surface area contributed by atoms with Gasteiger partial charge in [0.05, 0.1) is 10.7 Å². The van der Waals surface area contributed by atoms with Crippen molar-refractivity contribution >= 4 is 29.0 Å². The van der Waals surface area contributed by atoms with Gasteiger partial charge in [0.15, 0.2) is 0 Å². The molecule has 98 valence electrons. The number of nitrogen functional groups attached to an aromatic ring is 1. The van der Waals surface area contributed by atoms with Gasteiger partial charge in [-0.1, -0.05) is 11.6 Å². The molecule has 0 spiro atoms. The molecule has 0 aliphatic rings. The molecule has 0 atom stereocenters. The number of hydrogen-bond donors (Lipinski definition) is 3. The Hall–Kier alpha value is -2.11. The van der Waals surface area contributed by atoms with E-state index in [9.17, 15) is 4.79 Å². The maximum absolute atomic E-state index is 12.0. The number of carbonyl (C=O) groups excluding carboxylic acids is 1. The maximum Gasteiger partial charge on any atom is 0.256 e. The first-order valence-electron chi connectivity index (χ1n) is 5.60. The van der Waals surface area contributed by atoms with Crippen molar-refractivity contribution in [2.24, 2.45) is 5.84 Å². The van der Waals surface area contributed by atoms with Gasteiger partial charge >= 0.3 is 0 Å². The molecule has 4 N–H and O–H groups in total. The minimum absolute atomic E-state index is 0.235. The standard InChI is InChI=1S/C13H13ClN4O/c1-8-6-9(2-4-11(8)18-15)13(19)17-12-5-3-10(14)7-16-12/h2-7,18H,15H2,1H3,(H,16,17,19). The van der Waals surface area contributed by atoms with E-state index in [4.69, 9.17) is 17.4 Å². The predicted molar refractivity (Wildman–Crippen MR) is 76.2 cm³/mol. The van der Waals surface area contributed by atoms with Crippen LogP contribution in [0.15, 0.2) is 36.5 Å². The van der Waals surface area contributed by atoms with Gasteiger partial charge < -0.3 is 10.7 Å². The number of anilines is 2. The van der Waals surface area contributed by atoms with E-state index in [-0.39, 0.29) is 5.91 Å². The van der Waals surface area contributed by atoms with Crippen LogP contribution < -0.4 is 16.6 Å². The molecule has 0 aliphatic carbocycles. The average molecular weight is 277 g/mol. The van der Waals surface area contributed by atoms with E-state index in [1.54, 1.807) is 30.3 Å². The van der Waals surface area contributed by atoms with Gasteiger partial charge in [0.1, 0.15) is 5.82 Å². The fourth-order valence-electron chi connectivity index (χ4n) is 1.61. The second kappa shape index (κ2) is 5.69. The summed E-state index contributed by atoms with van der Waals surface area (Å²) in [5.74, 6) is 5.56. The van der Waals surface area contributed by atoms with E-state index in [0.29, 0.717) is 16.4 Å². The fraction of sp³-hybridized carbons (Fsp3) is 0.0769. The summed E-state index contributed by atoms with van der Waals surface area (Å²) in [6.07, 6.45) is 1.48. The molecule has 2 rings (SSSR count). The van der Waals surface area contributed by atoms with Crippen LogP contribution in [0.2, 0.25) is 5.02 Å². The predicted octanol–water partition coefficient (Wildman–Crippen LogP) is 2.58. The lowest BCUT2D eigenvalue weighted by Crippen LogP contribution is -2.14. The summed E-state index contributed by atoms with van der Waals surface area (Å²) >= 11 is 5.73. The number of benzene rings is 1. The Bertz CT molecular complexity index is 598. The van der Waals surface area contributed by atoms with Crippen LogP contribution >= 0.6 is 11.6 Å². The van der Waals surface area contributed by atoms with Crippen LogP contribution in [0.4, 0.5) is 11.5 Å². The fourth-order valence-corrected chi connectivity index (χ4v) is 1.72. The van der Waals surface area contributed by atoms with E-state index in [0.717, 1.165) is 11.3 Å². The smallest absolute Gasteiger partial charge is 0.256 e. The Morgan fingerprint density at radius 2 is 2.11 bits per heavy atom. The van der Waals surface area contributed by atoms with Crippen LogP contribution in [0.1, 0.15) is 15.9 Å². The summed E-state index contributed by atoms with van der Waals surface area (Å²) in [7, 11) is 0. The second-order valence-corrected chi connectivity index (χ2v) is 4.43. The Balaban J connectivity index is 2.16. The number of hydrogen-bond acceptors (Lipinski definition) is 4. The van der Waals surface area contributed by atoms with Gasteiger partial charge in [0.25, 0.3) is 5.91 Å². The highest BCUT2D eigenvalue weighted by molar-refractivity contribution is 6.30. The molecule has 0 fully saturated rings. The van der Waals surface area contributed by atoms with E-state index < -0.39 is 0 Å². The van der Waals surface area contributed by atoms with Gasteiger partial charge in [-0.2, -0.15) is 0 Å². The molecule has 0 unspecified atom stereocenters. The van der Waals surface area contributed by atoms with E-state index in [2.05, 4.69) is 15.7 Å². The number of nitrogens with two attached hydrogens (primary N) is 1. The molecule has 1 aromatic carbocycles. The number of aromatic nitrogens is 1. The third-order valence-corrected chi connectivity index (χ3v) is 2.84. The summed E-state index contributed by atoms with van der Waals surface area (Å²) in [6, 6.07) is 8.49. The molecule has 0 aliphatic heterocycles. The molecular formula is C13H13ClN4O. The molecule has 5 nitrogen and oxygen atoms in total. The minimum Gasteiger partial charge on any atom is -0.324 e. The van der Waals surface area contributed by atoms with Crippen LogP contribution in [0.25, 0.3) is 0 Å². The van der Waals surface area contributed by atoms with Gasteiger partial charge in [-0.05, 0) is 42.8 Å². The zero-order chi connectivity index (χ0) is 13.8. The molecule has 1 amide bonds. The van der Waals surface area contributed by atoms with Crippen molar-refractivity contribution in [3.63, 3.8) is 0 Å². The summed E-state index contributed by atoms with van der Waals surface area (Å²) in [4.78, 5) is 16.0. The lowest BCUT2D eigenvalue weighted by molar-refractivity contribution is 0.102. The van der Waals surface area contributed by atoms with Crippen LogP contribution in [0, 0.1) is 6.92 Å². The summed E-state index contributed by atoms with van der Waals surface area (Å²) in [6.45, 7) is 1.87. The summed E-state index contributed by atoms with van der Waals surface area (Å²) in [5, 5.41) is 3.21. The molecule has 2 aromatic rings. The maximum atomic E-state index is 12.0. The Morgan fingerprint density at radius 3 is 2.68 bits per heavy atom. The van der Waals surface area contributed by atoms with Gasteiger partial charge in [-0.3, -0.25) is 10.6 Å². The molecule has 0 radical (unpaired) electrons. The number of rotatable bonds is 3. The van der Waals surface area contributed by atoms with Crippen LogP contribution in [-0.4, -0.2) is 10.9 Å². The molecule has 0 bridgehead atoms. The quantitative estimate of drug-likeness (QED) is 0.595. The molecule has 1 aromatic heterocycles. The van der Waals surface area contributed by atoms with Crippen molar-refractivity contribution in [1.29, 1.82) is 0 Å². The van der Waals surface area contributed by atoms with E-state index in [1.165, 1.54) is 6.20 Å². The van der Waals surface area contributed by atoms with Gasteiger partial charge in [-0.15, -0.1) is 0 Å². The molecule has 1 heterocycles. The first kappa shape index (κ1) is 13.3. The van der Waals surface area contributed by atoms with Crippen molar-refractivity contribution in [2.45, 2.75) is 6.92 Å². The average Bonchev–Trinajstić information content (AvgIpc) is 2.41. The van der Waals surface area contributed by atoms with Crippen molar-refractivity contribution in [3.8, 4) is 0 Å². The molecule has 6 heteroatoms. The van der Waals surface area contributed by atoms with E-state index >= 15 is 0 Å². The molecular weight excluding hydrogens is 264 g/mol. The van der Waals surface area contributed by atoms with Gasteiger partial charge in [0.2, 0.25) is 0 Å². The number of halogens is 1. The lowest BCUT2D eigenvalue weighted by Gasteiger charge is -2.08. The number of pyridine rings is 1. The van der Waals surface area contributed by atoms with Crippen molar-refractivity contribution in [1.82, 2.24) is 4.98 Å². The summed E-state index contributed by atoms with van der Waals surface area (Å²) < 4.78 is 0. The third-order valence-electron chi connectivity index (χ3n) is 2.61. The van der Waals surface area contributed by atoms with Crippen molar-refractivity contribution < 1.29 is 4.79 Å². The SMILES string of the molecule is Cc1cc(C(=O)Nc2ccc(Cl)cn2)ccc1NN. The van der Waals surface area contributed by atoms with Crippen molar-refractivity contribution in [2.75, 3.05) is 10.7 Å². The summed E-state index contributed by atoms with van der Waals surface area (Å²) in [5.41, 5.74) is 4.76. The highest BCUT2D eigenvalue weighted by Crippen LogP contribution is 2.16. The largest absolute Gasteiger partial charge is 0.324 e. The first-order valence-corrected chi connectivity index (χ1v) is 5.98. The monoisotopic (exact) mass is 276 g/mol. The lowest BCUT2D eigenvalue weighted by atomic mass is 10.1. The molecule has 19 heavy (non-hydrogen) atoms. The van der Waals surface area contributed by atoms with Crippen molar-refractivity contribution in [3.05, 3.63) is 52.7 Å². The molecule has 0 saturated carbocycles. The Morgan fingerprint density at radius 1 is 1.32 bits per heavy atom. The van der Waals surface area contributed by atoms with E-state index in [1.807, 2.05) is 6.92 Å².